The zero-order valence-electron chi connectivity index (χ0n) is 17.3. The molecule has 160 valence electrons. The summed E-state index contributed by atoms with van der Waals surface area (Å²) in [5.74, 6) is -0.909. The maximum absolute atomic E-state index is 13.3. The van der Waals surface area contributed by atoms with Gasteiger partial charge in [-0.25, -0.2) is 9.07 Å². The molecular weight excluding hydrogens is 463 g/mol. The van der Waals surface area contributed by atoms with Crippen molar-refractivity contribution in [2.45, 2.75) is 26.2 Å². The number of fused-ring (bicyclic) bond motifs is 1. The Labute approximate surface area is 188 Å². The molecule has 0 saturated heterocycles. The van der Waals surface area contributed by atoms with Gasteiger partial charge in [0.2, 0.25) is 5.91 Å². The predicted molar refractivity (Wildman–Crippen MR) is 120 cm³/mol. The summed E-state index contributed by atoms with van der Waals surface area (Å²) in [6, 6.07) is 11.6. The number of carbonyl (C=O) groups is 2. The normalized spacial score (nSPS) is 12.5. The van der Waals surface area contributed by atoms with Crippen molar-refractivity contribution < 1.29 is 14.0 Å². The van der Waals surface area contributed by atoms with E-state index in [4.69, 9.17) is 0 Å². The van der Waals surface area contributed by atoms with Crippen LogP contribution in [-0.4, -0.2) is 40.1 Å². The number of nitrogens with one attached hydrogen (secondary N) is 1. The minimum Gasteiger partial charge on any atom is -0.331 e. The highest BCUT2D eigenvalue weighted by molar-refractivity contribution is 9.10. The Balaban J connectivity index is 1.52. The minimum atomic E-state index is -0.324. The van der Waals surface area contributed by atoms with Gasteiger partial charge >= 0.3 is 0 Å². The third-order valence-electron chi connectivity index (χ3n) is 5.39. The number of aryl methyl sites for hydroxylation is 1. The van der Waals surface area contributed by atoms with Crippen molar-refractivity contribution in [1.82, 2.24) is 14.7 Å². The average Bonchev–Trinajstić information content (AvgIpc) is 3.33. The number of nitrogens with zero attached hydrogens (tertiary/aromatic N) is 3. The molecule has 4 rings (SSSR count). The number of carbonyl (C=O) groups excluding carboxylic acids is 2. The van der Waals surface area contributed by atoms with E-state index in [9.17, 15) is 14.0 Å². The van der Waals surface area contributed by atoms with Crippen LogP contribution in [0.2, 0.25) is 0 Å². The van der Waals surface area contributed by atoms with Gasteiger partial charge in [-0.15, -0.1) is 0 Å². The fraction of sp³-hybridized carbons (Fsp3) is 0.261. The van der Waals surface area contributed by atoms with Crippen molar-refractivity contribution >= 4 is 33.4 Å². The lowest BCUT2D eigenvalue weighted by Gasteiger charge is -2.17. The first-order chi connectivity index (χ1) is 14.8. The van der Waals surface area contributed by atoms with E-state index in [2.05, 4.69) is 26.3 Å². The molecule has 0 unspecified atom stereocenters. The molecule has 2 aromatic carbocycles. The van der Waals surface area contributed by atoms with Gasteiger partial charge in [-0.2, -0.15) is 5.10 Å². The van der Waals surface area contributed by atoms with Crippen LogP contribution in [0.25, 0.3) is 5.69 Å². The van der Waals surface area contributed by atoms with Gasteiger partial charge in [-0.3, -0.25) is 9.59 Å². The van der Waals surface area contributed by atoms with Gasteiger partial charge in [0, 0.05) is 28.5 Å². The maximum Gasteiger partial charge on any atom is 0.274 e. The van der Waals surface area contributed by atoms with Crippen molar-refractivity contribution in [2.75, 3.05) is 18.9 Å². The summed E-state index contributed by atoms with van der Waals surface area (Å²) in [4.78, 5) is 27.0. The second kappa shape index (κ2) is 8.63. The Bertz CT molecular complexity index is 1160. The number of halogens is 2. The molecule has 0 atom stereocenters. The third-order valence-corrected chi connectivity index (χ3v) is 5.89. The molecule has 1 aromatic heterocycles. The molecule has 8 heteroatoms. The molecule has 3 aromatic rings. The van der Waals surface area contributed by atoms with E-state index in [-0.39, 0.29) is 24.2 Å². The van der Waals surface area contributed by atoms with Gasteiger partial charge in [0.1, 0.15) is 5.82 Å². The van der Waals surface area contributed by atoms with Crippen LogP contribution in [0, 0.1) is 12.7 Å². The van der Waals surface area contributed by atoms with Gasteiger partial charge in [0.25, 0.3) is 5.91 Å². The molecule has 1 aliphatic rings. The first-order valence-electron chi connectivity index (χ1n) is 10.0. The molecule has 1 N–H and O–H groups in total. The number of hydrogen-bond acceptors (Lipinski definition) is 3. The average molecular weight is 485 g/mol. The fourth-order valence-corrected chi connectivity index (χ4v) is 4.31. The molecule has 2 amide bonds. The summed E-state index contributed by atoms with van der Waals surface area (Å²) in [6.07, 6.45) is 2.50. The smallest absolute Gasteiger partial charge is 0.274 e. The molecule has 31 heavy (non-hydrogen) atoms. The van der Waals surface area contributed by atoms with Crippen LogP contribution in [0.1, 0.15) is 33.7 Å². The second-order valence-corrected chi connectivity index (χ2v) is 8.60. The molecular formula is C23H22BrFN4O2. The topological polar surface area (TPSA) is 67.2 Å². The highest BCUT2D eigenvalue weighted by Gasteiger charge is 2.29. The predicted octanol–water partition coefficient (Wildman–Crippen LogP) is 4.28. The number of benzene rings is 2. The molecule has 0 bridgehead atoms. The molecule has 0 saturated carbocycles. The Hall–Kier alpha value is -3.00. The lowest BCUT2D eigenvalue weighted by Crippen LogP contribution is -2.35. The summed E-state index contributed by atoms with van der Waals surface area (Å²) < 4.78 is 16.0. The van der Waals surface area contributed by atoms with Gasteiger partial charge in [0.05, 0.1) is 12.2 Å². The second-order valence-electron chi connectivity index (χ2n) is 7.68. The number of anilines is 1. The lowest BCUT2D eigenvalue weighted by atomic mass is 10.2. The summed E-state index contributed by atoms with van der Waals surface area (Å²) in [5, 5.41) is 7.38. The quantitative estimate of drug-likeness (QED) is 0.587. The van der Waals surface area contributed by atoms with E-state index in [1.165, 1.54) is 17.0 Å². The van der Waals surface area contributed by atoms with E-state index in [0.717, 1.165) is 40.6 Å². The molecule has 0 aliphatic heterocycles. The van der Waals surface area contributed by atoms with Crippen molar-refractivity contribution in [3.63, 3.8) is 0 Å². The molecule has 0 radical (unpaired) electrons. The van der Waals surface area contributed by atoms with Gasteiger partial charge in [0.15, 0.2) is 5.69 Å². The Morgan fingerprint density at radius 1 is 1.19 bits per heavy atom. The van der Waals surface area contributed by atoms with Crippen LogP contribution in [0.15, 0.2) is 46.9 Å². The van der Waals surface area contributed by atoms with Gasteiger partial charge in [-0.1, -0.05) is 15.9 Å². The van der Waals surface area contributed by atoms with E-state index in [0.29, 0.717) is 17.1 Å². The Kier molecular flexibility index (Phi) is 5.91. The minimum absolute atomic E-state index is 0.0908. The third kappa shape index (κ3) is 4.39. The Morgan fingerprint density at radius 3 is 2.65 bits per heavy atom. The zero-order chi connectivity index (χ0) is 22.1. The highest BCUT2D eigenvalue weighted by Crippen LogP contribution is 2.28. The largest absolute Gasteiger partial charge is 0.331 e. The van der Waals surface area contributed by atoms with Crippen LogP contribution in [0.5, 0.6) is 0 Å². The highest BCUT2D eigenvalue weighted by atomic mass is 79.9. The molecule has 6 nitrogen and oxygen atoms in total. The lowest BCUT2D eigenvalue weighted by molar-refractivity contribution is -0.116. The number of likely N-dealkylation sites (N-methyl/N-ethyl adjacent to an activating group) is 1. The molecule has 0 spiro atoms. The molecule has 1 aliphatic carbocycles. The number of amides is 2. The maximum atomic E-state index is 13.3. The van der Waals surface area contributed by atoms with Crippen LogP contribution in [-0.2, 0) is 17.6 Å². The van der Waals surface area contributed by atoms with Crippen LogP contribution in [0.4, 0.5) is 10.1 Å². The summed E-state index contributed by atoms with van der Waals surface area (Å²) in [7, 11) is 1.59. The van der Waals surface area contributed by atoms with Gasteiger partial charge < -0.3 is 10.2 Å². The standard InChI is InChI=1S/C23H22BrFN4O2/c1-14-12-15(24)6-11-19(14)26-21(30)13-28(2)23(31)22-18-4-3-5-20(18)29(27-22)17-9-7-16(25)8-10-17/h6-12H,3-5,13H2,1-2H3,(H,26,30). The van der Waals surface area contributed by atoms with Crippen LogP contribution in [0.3, 0.4) is 0 Å². The van der Waals surface area contributed by atoms with E-state index < -0.39 is 0 Å². The van der Waals surface area contributed by atoms with Gasteiger partial charge in [-0.05, 0) is 74.2 Å². The SMILES string of the molecule is Cc1cc(Br)ccc1NC(=O)CN(C)C(=O)c1nn(-c2ccc(F)cc2)c2c1CCC2. The van der Waals surface area contributed by atoms with E-state index in [1.54, 1.807) is 23.9 Å². The zero-order valence-corrected chi connectivity index (χ0v) is 18.9. The number of aromatic nitrogens is 2. The van der Waals surface area contributed by atoms with Crippen LogP contribution < -0.4 is 5.32 Å². The molecule has 0 fully saturated rings. The summed E-state index contributed by atoms with van der Waals surface area (Å²) in [6.45, 7) is 1.81. The number of rotatable bonds is 5. The monoisotopic (exact) mass is 484 g/mol. The Morgan fingerprint density at radius 2 is 1.94 bits per heavy atom. The number of hydrogen-bond donors (Lipinski definition) is 1. The first-order valence-corrected chi connectivity index (χ1v) is 10.8. The van der Waals surface area contributed by atoms with E-state index >= 15 is 0 Å². The summed E-state index contributed by atoms with van der Waals surface area (Å²) >= 11 is 3.40. The van der Waals surface area contributed by atoms with Crippen molar-refractivity contribution in [2.24, 2.45) is 0 Å². The molecule has 1 heterocycles. The van der Waals surface area contributed by atoms with Crippen molar-refractivity contribution in [1.29, 1.82) is 0 Å². The summed E-state index contributed by atoms with van der Waals surface area (Å²) in [5.41, 5.74) is 4.57. The van der Waals surface area contributed by atoms with Crippen molar-refractivity contribution in [3.05, 3.63) is 75.3 Å². The van der Waals surface area contributed by atoms with Crippen LogP contribution >= 0.6 is 15.9 Å². The van der Waals surface area contributed by atoms with E-state index in [1.807, 2.05) is 25.1 Å². The fourth-order valence-electron chi connectivity index (χ4n) is 3.83. The first kappa shape index (κ1) is 21.2. The van der Waals surface area contributed by atoms with Crippen molar-refractivity contribution in [3.8, 4) is 5.69 Å².